The van der Waals surface area contributed by atoms with Crippen LogP contribution in [0.5, 0.6) is 0 Å². The quantitative estimate of drug-likeness (QED) is 0.290. The molecule has 0 saturated heterocycles. The zero-order valence-electron chi connectivity index (χ0n) is 6.27. The molecule has 0 saturated carbocycles. The highest BCUT2D eigenvalue weighted by Crippen LogP contribution is 2.02. The summed E-state index contributed by atoms with van der Waals surface area (Å²) < 4.78 is 0. The SMILES string of the molecule is Nc1cc(C=O)cc(B(O)O)c1. The van der Waals surface area contributed by atoms with Crippen molar-refractivity contribution < 1.29 is 14.8 Å². The Balaban J connectivity index is 3.14. The van der Waals surface area contributed by atoms with Crippen molar-refractivity contribution in [1.82, 2.24) is 0 Å². The van der Waals surface area contributed by atoms with Gasteiger partial charge in [0.15, 0.2) is 0 Å². The minimum Gasteiger partial charge on any atom is -0.423 e. The smallest absolute Gasteiger partial charge is 0.423 e. The van der Waals surface area contributed by atoms with Gasteiger partial charge in [0.25, 0.3) is 0 Å². The van der Waals surface area contributed by atoms with Crippen molar-refractivity contribution in [2.75, 3.05) is 5.73 Å². The lowest BCUT2D eigenvalue weighted by Crippen LogP contribution is -2.30. The van der Waals surface area contributed by atoms with Crippen LogP contribution < -0.4 is 11.2 Å². The summed E-state index contributed by atoms with van der Waals surface area (Å²) in [5.74, 6) is 0. The second-order valence-corrected chi connectivity index (χ2v) is 2.42. The van der Waals surface area contributed by atoms with E-state index in [0.29, 0.717) is 17.5 Å². The van der Waals surface area contributed by atoms with Crippen molar-refractivity contribution in [1.29, 1.82) is 0 Å². The number of hydrogen-bond acceptors (Lipinski definition) is 4. The first-order valence-corrected chi connectivity index (χ1v) is 3.35. The van der Waals surface area contributed by atoms with Gasteiger partial charge in [-0.05, 0) is 17.6 Å². The first-order valence-electron chi connectivity index (χ1n) is 3.35. The van der Waals surface area contributed by atoms with Crippen molar-refractivity contribution in [2.24, 2.45) is 0 Å². The molecule has 0 spiro atoms. The van der Waals surface area contributed by atoms with E-state index < -0.39 is 7.12 Å². The van der Waals surface area contributed by atoms with Gasteiger partial charge in [0, 0.05) is 11.3 Å². The Kier molecular flexibility index (Phi) is 2.47. The average Bonchev–Trinajstić information content (AvgIpc) is 2.03. The normalized spacial score (nSPS) is 9.50. The summed E-state index contributed by atoms with van der Waals surface area (Å²) in [7, 11) is -1.59. The van der Waals surface area contributed by atoms with Gasteiger partial charge >= 0.3 is 7.12 Å². The van der Waals surface area contributed by atoms with Crippen LogP contribution in [0, 0.1) is 0 Å². The molecule has 0 unspecified atom stereocenters. The number of nitrogen functional groups attached to an aromatic ring is 1. The molecule has 4 nitrogen and oxygen atoms in total. The number of benzene rings is 1. The minimum absolute atomic E-state index is 0.220. The number of rotatable bonds is 2. The fourth-order valence-corrected chi connectivity index (χ4v) is 0.919. The number of carbonyl (C=O) groups is 1. The lowest BCUT2D eigenvalue weighted by atomic mass is 9.79. The van der Waals surface area contributed by atoms with Crippen molar-refractivity contribution in [3.8, 4) is 0 Å². The van der Waals surface area contributed by atoms with Gasteiger partial charge in [0.05, 0.1) is 0 Å². The molecule has 0 amide bonds. The van der Waals surface area contributed by atoms with Crippen LogP contribution in [0.15, 0.2) is 18.2 Å². The van der Waals surface area contributed by atoms with Crippen LogP contribution in [0.4, 0.5) is 5.69 Å². The fourth-order valence-electron chi connectivity index (χ4n) is 0.919. The Hall–Kier alpha value is -1.33. The molecule has 1 aromatic rings. The number of carbonyl (C=O) groups excluding carboxylic acids is 1. The molecule has 0 aliphatic heterocycles. The molecule has 0 aliphatic carbocycles. The average molecular weight is 165 g/mol. The van der Waals surface area contributed by atoms with Crippen LogP contribution in [-0.2, 0) is 0 Å². The summed E-state index contributed by atoms with van der Waals surface area (Å²) in [6.45, 7) is 0. The third kappa shape index (κ3) is 1.84. The summed E-state index contributed by atoms with van der Waals surface area (Å²) in [5, 5.41) is 17.5. The second kappa shape index (κ2) is 3.38. The van der Waals surface area contributed by atoms with Gasteiger partial charge in [0.1, 0.15) is 6.29 Å². The van der Waals surface area contributed by atoms with Crippen LogP contribution in [0.1, 0.15) is 10.4 Å². The number of aldehydes is 1. The zero-order chi connectivity index (χ0) is 9.14. The highest BCUT2D eigenvalue weighted by Gasteiger charge is 2.11. The molecule has 1 rings (SSSR count). The molecule has 1 aromatic carbocycles. The molecule has 0 heterocycles. The Labute approximate surface area is 69.8 Å². The maximum Gasteiger partial charge on any atom is 0.488 e. The third-order valence-electron chi connectivity index (χ3n) is 1.43. The molecule has 12 heavy (non-hydrogen) atoms. The molecule has 0 aliphatic rings. The first-order chi connectivity index (χ1) is 5.63. The lowest BCUT2D eigenvalue weighted by Gasteiger charge is -2.01. The molecule has 0 aromatic heterocycles. The van der Waals surface area contributed by atoms with Crippen molar-refractivity contribution in [3.05, 3.63) is 23.8 Å². The van der Waals surface area contributed by atoms with E-state index in [1.54, 1.807) is 0 Å². The first kappa shape index (κ1) is 8.77. The molecular weight excluding hydrogens is 157 g/mol. The third-order valence-corrected chi connectivity index (χ3v) is 1.43. The molecule has 4 N–H and O–H groups in total. The van der Waals surface area contributed by atoms with Gasteiger partial charge in [0.2, 0.25) is 0 Å². The van der Waals surface area contributed by atoms with Crippen molar-refractivity contribution >= 4 is 24.6 Å². The van der Waals surface area contributed by atoms with E-state index in [1.165, 1.54) is 18.2 Å². The minimum atomic E-state index is -1.59. The van der Waals surface area contributed by atoms with E-state index in [2.05, 4.69) is 0 Å². The Morgan fingerprint density at radius 1 is 1.33 bits per heavy atom. The molecule has 62 valence electrons. The summed E-state index contributed by atoms with van der Waals surface area (Å²) in [5.41, 5.74) is 6.28. The van der Waals surface area contributed by atoms with Gasteiger partial charge in [-0.1, -0.05) is 6.07 Å². The van der Waals surface area contributed by atoms with Crippen LogP contribution in [-0.4, -0.2) is 23.5 Å². The Bertz CT molecular complexity index is 301. The summed E-state index contributed by atoms with van der Waals surface area (Å²) in [6, 6.07) is 4.23. The predicted octanol–water partition coefficient (Wildman–Crippen LogP) is -1.24. The number of anilines is 1. The number of hydrogen-bond donors (Lipinski definition) is 3. The van der Waals surface area contributed by atoms with Gasteiger partial charge < -0.3 is 15.8 Å². The van der Waals surface area contributed by atoms with E-state index in [1.807, 2.05) is 0 Å². The molecule has 0 bridgehead atoms. The van der Waals surface area contributed by atoms with E-state index in [0.717, 1.165) is 0 Å². The van der Waals surface area contributed by atoms with Crippen LogP contribution in [0.25, 0.3) is 0 Å². The standard InChI is InChI=1S/C7H8BNO3/c9-7-2-5(4-10)1-6(3-7)8(11)12/h1-4,11-12H,9H2. The topological polar surface area (TPSA) is 83.6 Å². The van der Waals surface area contributed by atoms with Gasteiger partial charge in [-0.15, -0.1) is 0 Å². The monoisotopic (exact) mass is 165 g/mol. The van der Waals surface area contributed by atoms with Gasteiger partial charge in [-0.25, -0.2) is 0 Å². The molecular formula is C7H8BNO3. The van der Waals surface area contributed by atoms with Gasteiger partial charge in [-0.2, -0.15) is 0 Å². The maximum atomic E-state index is 10.3. The van der Waals surface area contributed by atoms with Crippen LogP contribution in [0.2, 0.25) is 0 Å². The fraction of sp³-hybridized carbons (Fsp3) is 0. The summed E-state index contributed by atoms with van der Waals surface area (Å²) in [4.78, 5) is 10.3. The second-order valence-electron chi connectivity index (χ2n) is 2.42. The lowest BCUT2D eigenvalue weighted by molar-refractivity contribution is 0.112. The highest BCUT2D eigenvalue weighted by molar-refractivity contribution is 6.58. The molecule has 0 fully saturated rings. The van der Waals surface area contributed by atoms with Crippen molar-refractivity contribution in [2.45, 2.75) is 0 Å². The molecule has 0 radical (unpaired) electrons. The Morgan fingerprint density at radius 3 is 2.50 bits per heavy atom. The Morgan fingerprint density at radius 2 is 2.00 bits per heavy atom. The largest absolute Gasteiger partial charge is 0.488 e. The van der Waals surface area contributed by atoms with Crippen molar-refractivity contribution in [3.63, 3.8) is 0 Å². The van der Waals surface area contributed by atoms with Crippen LogP contribution >= 0.6 is 0 Å². The zero-order valence-corrected chi connectivity index (χ0v) is 6.27. The molecule has 5 heteroatoms. The van der Waals surface area contributed by atoms with E-state index in [-0.39, 0.29) is 5.46 Å². The summed E-state index contributed by atoms with van der Waals surface area (Å²) in [6.07, 6.45) is 0.599. The predicted molar refractivity (Wildman–Crippen MR) is 46.1 cm³/mol. The summed E-state index contributed by atoms with van der Waals surface area (Å²) >= 11 is 0. The van der Waals surface area contributed by atoms with Crippen LogP contribution in [0.3, 0.4) is 0 Å². The van der Waals surface area contributed by atoms with E-state index >= 15 is 0 Å². The highest BCUT2D eigenvalue weighted by atomic mass is 16.4. The van der Waals surface area contributed by atoms with E-state index in [4.69, 9.17) is 15.8 Å². The van der Waals surface area contributed by atoms with E-state index in [9.17, 15) is 4.79 Å². The number of nitrogens with two attached hydrogens (primary N) is 1. The maximum absolute atomic E-state index is 10.3. The molecule has 0 atom stereocenters. The van der Waals surface area contributed by atoms with Gasteiger partial charge in [-0.3, -0.25) is 4.79 Å².